The number of para-hydroxylation sites is 1. The Morgan fingerprint density at radius 1 is 0.750 bits per heavy atom. The molecule has 0 unspecified atom stereocenters. The van der Waals surface area contributed by atoms with Crippen molar-refractivity contribution in [2.75, 3.05) is 39.3 Å². The Hall–Kier alpha value is -3.68. The standard InChI is InChI=1S/C24H25N3O5/c28-21(11-16-32-18-7-2-1-3-8-18)25-12-6-13-26(15-14-25)22(29)17-27-23(30)19-9-4-5-10-20(19)24(27)31/h1-5,7-10H,6,11-17H2. The molecule has 0 radical (unpaired) electrons. The van der Waals surface area contributed by atoms with Crippen molar-refractivity contribution in [3.05, 3.63) is 65.7 Å². The van der Waals surface area contributed by atoms with Gasteiger partial charge >= 0.3 is 0 Å². The van der Waals surface area contributed by atoms with Gasteiger partial charge in [-0.1, -0.05) is 30.3 Å². The van der Waals surface area contributed by atoms with Crippen molar-refractivity contribution in [3.8, 4) is 5.75 Å². The highest BCUT2D eigenvalue weighted by atomic mass is 16.5. The van der Waals surface area contributed by atoms with E-state index in [1.165, 1.54) is 0 Å². The average Bonchev–Trinajstić information content (AvgIpc) is 2.98. The summed E-state index contributed by atoms with van der Waals surface area (Å²) in [7, 11) is 0. The Labute approximate surface area is 186 Å². The second kappa shape index (κ2) is 9.64. The van der Waals surface area contributed by atoms with Gasteiger partial charge in [0.2, 0.25) is 11.8 Å². The fourth-order valence-electron chi connectivity index (χ4n) is 3.97. The Bertz CT molecular complexity index is 988. The topological polar surface area (TPSA) is 87.2 Å². The number of benzene rings is 2. The highest BCUT2D eigenvalue weighted by Crippen LogP contribution is 2.22. The Morgan fingerprint density at radius 2 is 1.31 bits per heavy atom. The molecule has 32 heavy (non-hydrogen) atoms. The number of fused-ring (bicyclic) bond motifs is 1. The maximum Gasteiger partial charge on any atom is 0.262 e. The molecule has 4 amide bonds. The lowest BCUT2D eigenvalue weighted by atomic mass is 10.1. The summed E-state index contributed by atoms with van der Waals surface area (Å²) in [5.41, 5.74) is 0.659. The molecule has 1 fully saturated rings. The number of ether oxygens (including phenoxy) is 1. The third-order valence-corrected chi connectivity index (χ3v) is 5.70. The first kappa shape index (κ1) is 21.5. The van der Waals surface area contributed by atoms with E-state index >= 15 is 0 Å². The molecule has 2 aromatic carbocycles. The average molecular weight is 435 g/mol. The number of hydrogen-bond donors (Lipinski definition) is 0. The van der Waals surface area contributed by atoms with E-state index in [2.05, 4.69) is 0 Å². The first-order valence-corrected chi connectivity index (χ1v) is 10.7. The lowest BCUT2D eigenvalue weighted by molar-refractivity contribution is -0.133. The van der Waals surface area contributed by atoms with Crippen molar-refractivity contribution in [2.24, 2.45) is 0 Å². The molecule has 8 nitrogen and oxygen atoms in total. The SMILES string of the molecule is O=C(CCOc1ccccc1)N1CCCN(C(=O)CN2C(=O)c3ccccc3C2=O)CC1. The van der Waals surface area contributed by atoms with Crippen LogP contribution in [0.25, 0.3) is 0 Å². The molecule has 0 N–H and O–H groups in total. The fraction of sp³-hybridized carbons (Fsp3) is 0.333. The molecular formula is C24H25N3O5. The van der Waals surface area contributed by atoms with E-state index in [-0.39, 0.29) is 24.8 Å². The van der Waals surface area contributed by atoms with Gasteiger partial charge in [0.1, 0.15) is 12.3 Å². The van der Waals surface area contributed by atoms with Gasteiger partial charge in [-0.15, -0.1) is 0 Å². The fourth-order valence-corrected chi connectivity index (χ4v) is 3.97. The summed E-state index contributed by atoms with van der Waals surface area (Å²) >= 11 is 0. The van der Waals surface area contributed by atoms with Gasteiger partial charge in [-0.25, -0.2) is 0 Å². The molecule has 2 aliphatic rings. The normalized spacial score (nSPS) is 16.1. The molecule has 0 aliphatic carbocycles. The van der Waals surface area contributed by atoms with E-state index in [0.717, 1.165) is 10.6 Å². The number of hydrogen-bond acceptors (Lipinski definition) is 5. The minimum atomic E-state index is -0.441. The summed E-state index contributed by atoms with van der Waals surface area (Å²) in [4.78, 5) is 54.7. The highest BCUT2D eigenvalue weighted by Gasteiger charge is 2.37. The zero-order valence-electron chi connectivity index (χ0n) is 17.7. The summed E-state index contributed by atoms with van der Waals surface area (Å²) in [6.07, 6.45) is 0.900. The molecule has 0 aromatic heterocycles. The van der Waals surface area contributed by atoms with Gasteiger partial charge in [-0.3, -0.25) is 24.1 Å². The molecule has 166 valence electrons. The van der Waals surface area contributed by atoms with Crippen LogP contribution in [0.1, 0.15) is 33.6 Å². The van der Waals surface area contributed by atoms with Crippen LogP contribution in [0.15, 0.2) is 54.6 Å². The number of amides is 4. The van der Waals surface area contributed by atoms with Gasteiger partial charge in [-0.2, -0.15) is 0 Å². The minimum absolute atomic E-state index is 0.0180. The zero-order chi connectivity index (χ0) is 22.5. The number of carbonyl (C=O) groups excluding carboxylic acids is 4. The van der Waals surface area contributed by atoms with Gasteiger partial charge in [0.15, 0.2) is 0 Å². The number of imide groups is 1. The van der Waals surface area contributed by atoms with Crippen LogP contribution in [0.2, 0.25) is 0 Å². The quantitative estimate of drug-likeness (QED) is 0.646. The maximum atomic E-state index is 12.8. The van der Waals surface area contributed by atoms with E-state index in [1.807, 2.05) is 30.3 Å². The molecule has 8 heteroatoms. The van der Waals surface area contributed by atoms with E-state index in [9.17, 15) is 19.2 Å². The van der Waals surface area contributed by atoms with Crippen LogP contribution in [0.5, 0.6) is 5.75 Å². The molecule has 2 aliphatic heterocycles. The van der Waals surface area contributed by atoms with Crippen LogP contribution in [-0.4, -0.2) is 77.7 Å². The van der Waals surface area contributed by atoms with Gasteiger partial charge in [0, 0.05) is 26.2 Å². The zero-order valence-corrected chi connectivity index (χ0v) is 17.7. The predicted octanol–water partition coefficient (Wildman–Crippen LogP) is 1.81. The van der Waals surface area contributed by atoms with Gasteiger partial charge < -0.3 is 14.5 Å². The van der Waals surface area contributed by atoms with Crippen LogP contribution in [0.4, 0.5) is 0 Å². The second-order valence-corrected chi connectivity index (χ2v) is 7.77. The van der Waals surface area contributed by atoms with Crippen LogP contribution in [-0.2, 0) is 9.59 Å². The maximum absolute atomic E-state index is 12.8. The van der Waals surface area contributed by atoms with Gasteiger partial charge in [0.05, 0.1) is 24.2 Å². The first-order valence-electron chi connectivity index (χ1n) is 10.7. The highest BCUT2D eigenvalue weighted by molar-refractivity contribution is 6.22. The lowest BCUT2D eigenvalue weighted by Gasteiger charge is -2.24. The monoisotopic (exact) mass is 435 g/mol. The van der Waals surface area contributed by atoms with Gasteiger partial charge in [-0.05, 0) is 30.7 Å². The Balaban J connectivity index is 1.27. The van der Waals surface area contributed by atoms with Crippen molar-refractivity contribution in [3.63, 3.8) is 0 Å². The van der Waals surface area contributed by atoms with Crippen LogP contribution in [0.3, 0.4) is 0 Å². The minimum Gasteiger partial charge on any atom is -0.493 e. The molecule has 0 spiro atoms. The third kappa shape index (κ3) is 4.64. The Morgan fingerprint density at radius 3 is 1.94 bits per heavy atom. The molecular weight excluding hydrogens is 410 g/mol. The predicted molar refractivity (Wildman–Crippen MR) is 116 cm³/mol. The van der Waals surface area contributed by atoms with E-state index in [0.29, 0.717) is 50.3 Å². The summed E-state index contributed by atoms with van der Waals surface area (Å²) in [6, 6.07) is 15.9. The summed E-state index contributed by atoms with van der Waals surface area (Å²) in [5.74, 6) is -0.467. The molecule has 0 saturated carbocycles. The summed E-state index contributed by atoms with van der Waals surface area (Å²) in [6.45, 7) is 1.82. The number of nitrogens with zero attached hydrogens (tertiary/aromatic N) is 3. The molecule has 0 atom stereocenters. The third-order valence-electron chi connectivity index (χ3n) is 5.70. The van der Waals surface area contributed by atoms with Crippen molar-refractivity contribution < 1.29 is 23.9 Å². The smallest absolute Gasteiger partial charge is 0.262 e. The van der Waals surface area contributed by atoms with Crippen molar-refractivity contribution in [1.29, 1.82) is 0 Å². The van der Waals surface area contributed by atoms with E-state index in [1.54, 1.807) is 34.1 Å². The van der Waals surface area contributed by atoms with Crippen LogP contribution < -0.4 is 4.74 Å². The van der Waals surface area contributed by atoms with Crippen molar-refractivity contribution in [1.82, 2.24) is 14.7 Å². The van der Waals surface area contributed by atoms with Crippen LogP contribution in [0, 0.1) is 0 Å². The van der Waals surface area contributed by atoms with Crippen molar-refractivity contribution in [2.45, 2.75) is 12.8 Å². The first-order chi connectivity index (χ1) is 15.5. The summed E-state index contributed by atoms with van der Waals surface area (Å²) < 4.78 is 5.60. The number of carbonyl (C=O) groups is 4. The van der Waals surface area contributed by atoms with E-state index in [4.69, 9.17) is 4.74 Å². The summed E-state index contributed by atoms with van der Waals surface area (Å²) in [5, 5.41) is 0. The number of rotatable bonds is 6. The Kier molecular flexibility index (Phi) is 6.49. The molecule has 4 rings (SSSR count). The molecule has 0 bridgehead atoms. The van der Waals surface area contributed by atoms with E-state index < -0.39 is 11.8 Å². The lowest BCUT2D eigenvalue weighted by Crippen LogP contribution is -2.44. The van der Waals surface area contributed by atoms with Gasteiger partial charge in [0.25, 0.3) is 11.8 Å². The van der Waals surface area contributed by atoms with Crippen LogP contribution >= 0.6 is 0 Å². The molecule has 2 heterocycles. The second-order valence-electron chi connectivity index (χ2n) is 7.77. The largest absolute Gasteiger partial charge is 0.493 e. The molecule has 2 aromatic rings. The van der Waals surface area contributed by atoms with Crippen molar-refractivity contribution >= 4 is 23.6 Å². The molecule has 1 saturated heterocycles.